The van der Waals surface area contributed by atoms with Crippen molar-refractivity contribution in [1.82, 2.24) is 0 Å². The van der Waals surface area contributed by atoms with Crippen molar-refractivity contribution in [2.75, 3.05) is 0 Å². The fraction of sp³-hybridized carbons (Fsp3) is 0.250. The highest BCUT2D eigenvalue weighted by atomic mass is 19.1. The number of ether oxygens (including phenoxy) is 1. The van der Waals surface area contributed by atoms with Gasteiger partial charge in [-0.1, -0.05) is 30.3 Å². The highest BCUT2D eigenvalue weighted by molar-refractivity contribution is 5.65. The van der Waals surface area contributed by atoms with Crippen LogP contribution in [-0.2, 0) is 0 Å². The Balaban J connectivity index is 2.36. The molecule has 0 unspecified atom stereocenters. The maximum Gasteiger partial charge on any atom is 0.131 e. The highest BCUT2D eigenvalue weighted by Gasteiger charge is 2.12. The van der Waals surface area contributed by atoms with Crippen molar-refractivity contribution in [2.45, 2.75) is 26.4 Å². The molecule has 2 heteroatoms. The first-order valence-electron chi connectivity index (χ1n) is 6.00. The van der Waals surface area contributed by atoms with Crippen molar-refractivity contribution in [3.05, 3.63) is 54.3 Å². The Kier molecular flexibility index (Phi) is 3.37. The van der Waals surface area contributed by atoms with Crippen LogP contribution in [-0.4, -0.2) is 5.60 Å². The first-order valence-corrected chi connectivity index (χ1v) is 6.00. The quantitative estimate of drug-likeness (QED) is 0.746. The van der Waals surface area contributed by atoms with Gasteiger partial charge in [0.2, 0.25) is 0 Å². The molecule has 0 bridgehead atoms. The molecular weight excluding hydrogens is 227 g/mol. The molecule has 0 aliphatic carbocycles. The maximum absolute atomic E-state index is 13.7. The smallest absolute Gasteiger partial charge is 0.131 e. The molecule has 0 saturated heterocycles. The van der Waals surface area contributed by atoms with Crippen LogP contribution in [0, 0.1) is 5.82 Å². The average molecular weight is 244 g/mol. The molecule has 0 N–H and O–H groups in total. The molecule has 0 heterocycles. The molecule has 0 atom stereocenters. The van der Waals surface area contributed by atoms with E-state index in [9.17, 15) is 4.39 Å². The van der Waals surface area contributed by atoms with Gasteiger partial charge in [0, 0.05) is 5.56 Å². The summed E-state index contributed by atoms with van der Waals surface area (Å²) in [6, 6.07) is 14.3. The van der Waals surface area contributed by atoms with Crippen molar-refractivity contribution < 1.29 is 9.13 Å². The lowest BCUT2D eigenvalue weighted by Gasteiger charge is -2.21. The van der Waals surface area contributed by atoms with Crippen LogP contribution >= 0.6 is 0 Å². The molecule has 2 aromatic rings. The standard InChI is InChI=1S/C16H17FO/c1-16(2,3)18-13-8-6-7-12(11-13)14-9-4-5-10-15(14)17/h4-11H,1-3H3. The van der Waals surface area contributed by atoms with E-state index in [1.807, 2.05) is 51.1 Å². The molecule has 0 spiro atoms. The van der Waals surface area contributed by atoms with E-state index in [0.29, 0.717) is 5.56 Å². The van der Waals surface area contributed by atoms with Crippen molar-refractivity contribution >= 4 is 0 Å². The lowest BCUT2D eigenvalue weighted by Crippen LogP contribution is -2.22. The maximum atomic E-state index is 13.7. The van der Waals surface area contributed by atoms with Gasteiger partial charge in [0.05, 0.1) is 0 Å². The number of halogens is 1. The minimum atomic E-state index is -0.256. The van der Waals surface area contributed by atoms with Crippen molar-refractivity contribution in [1.29, 1.82) is 0 Å². The predicted octanol–water partition coefficient (Wildman–Crippen LogP) is 4.67. The second-order valence-electron chi connectivity index (χ2n) is 5.22. The molecule has 0 radical (unpaired) electrons. The molecule has 2 aromatic carbocycles. The minimum Gasteiger partial charge on any atom is -0.488 e. The van der Waals surface area contributed by atoms with Gasteiger partial charge < -0.3 is 4.74 Å². The third-order valence-electron chi connectivity index (χ3n) is 2.44. The third-order valence-corrected chi connectivity index (χ3v) is 2.44. The molecule has 2 rings (SSSR count). The van der Waals surface area contributed by atoms with Gasteiger partial charge in [-0.25, -0.2) is 4.39 Å². The molecule has 18 heavy (non-hydrogen) atoms. The van der Waals surface area contributed by atoms with Crippen LogP contribution in [0.3, 0.4) is 0 Å². The van der Waals surface area contributed by atoms with Gasteiger partial charge in [-0.15, -0.1) is 0 Å². The van der Waals surface area contributed by atoms with Gasteiger partial charge in [-0.2, -0.15) is 0 Å². The highest BCUT2D eigenvalue weighted by Crippen LogP contribution is 2.27. The normalized spacial score (nSPS) is 11.3. The summed E-state index contributed by atoms with van der Waals surface area (Å²) >= 11 is 0. The van der Waals surface area contributed by atoms with Gasteiger partial charge in [0.15, 0.2) is 0 Å². The van der Waals surface area contributed by atoms with Crippen molar-refractivity contribution in [3.63, 3.8) is 0 Å². The lowest BCUT2D eigenvalue weighted by atomic mass is 10.0. The van der Waals surface area contributed by atoms with Gasteiger partial charge in [-0.05, 0) is 44.5 Å². The van der Waals surface area contributed by atoms with Crippen LogP contribution in [0.2, 0.25) is 0 Å². The minimum absolute atomic E-state index is 0.217. The van der Waals surface area contributed by atoms with Gasteiger partial charge >= 0.3 is 0 Å². The summed E-state index contributed by atoms with van der Waals surface area (Å²) < 4.78 is 19.5. The fourth-order valence-electron chi connectivity index (χ4n) is 1.78. The largest absolute Gasteiger partial charge is 0.488 e. The van der Waals surface area contributed by atoms with Crippen LogP contribution in [0.5, 0.6) is 5.75 Å². The number of rotatable bonds is 2. The second-order valence-corrected chi connectivity index (χ2v) is 5.22. The first-order chi connectivity index (χ1) is 8.46. The Morgan fingerprint density at radius 1 is 0.944 bits per heavy atom. The molecule has 0 aliphatic rings. The zero-order valence-corrected chi connectivity index (χ0v) is 10.9. The number of hydrogen-bond donors (Lipinski definition) is 0. The topological polar surface area (TPSA) is 9.23 Å². The average Bonchev–Trinajstić information content (AvgIpc) is 2.27. The van der Waals surface area contributed by atoms with Crippen LogP contribution in [0.1, 0.15) is 20.8 Å². The number of hydrogen-bond acceptors (Lipinski definition) is 1. The monoisotopic (exact) mass is 244 g/mol. The Hall–Kier alpha value is -1.83. The zero-order valence-electron chi connectivity index (χ0n) is 10.9. The summed E-state index contributed by atoms with van der Waals surface area (Å²) in [5.41, 5.74) is 1.17. The van der Waals surface area contributed by atoms with E-state index >= 15 is 0 Å². The van der Waals surface area contributed by atoms with E-state index in [1.54, 1.807) is 12.1 Å². The van der Waals surface area contributed by atoms with Crippen LogP contribution in [0.4, 0.5) is 4.39 Å². The summed E-state index contributed by atoms with van der Waals surface area (Å²) in [6.07, 6.45) is 0. The van der Waals surface area contributed by atoms with Crippen molar-refractivity contribution in [3.8, 4) is 16.9 Å². The molecule has 0 aliphatic heterocycles. The van der Waals surface area contributed by atoms with E-state index in [0.717, 1.165) is 11.3 Å². The molecule has 0 fully saturated rings. The van der Waals surface area contributed by atoms with Gasteiger partial charge in [0.25, 0.3) is 0 Å². The molecule has 0 saturated carbocycles. The molecule has 0 aromatic heterocycles. The Morgan fingerprint density at radius 2 is 1.67 bits per heavy atom. The second kappa shape index (κ2) is 4.81. The van der Waals surface area contributed by atoms with Crippen LogP contribution < -0.4 is 4.74 Å². The van der Waals surface area contributed by atoms with E-state index in [1.165, 1.54) is 6.07 Å². The first kappa shape index (κ1) is 12.6. The molecular formula is C16H17FO. The Bertz CT molecular complexity index is 541. The summed E-state index contributed by atoms with van der Waals surface area (Å²) in [6.45, 7) is 5.97. The van der Waals surface area contributed by atoms with Gasteiger partial charge in [0.1, 0.15) is 17.2 Å². The van der Waals surface area contributed by atoms with Crippen LogP contribution in [0.15, 0.2) is 48.5 Å². The zero-order chi connectivity index (χ0) is 13.2. The summed E-state index contributed by atoms with van der Waals surface area (Å²) in [7, 11) is 0. The molecule has 0 amide bonds. The molecule has 94 valence electrons. The van der Waals surface area contributed by atoms with Gasteiger partial charge in [-0.3, -0.25) is 0 Å². The summed E-state index contributed by atoms with van der Waals surface area (Å²) in [5.74, 6) is 0.536. The predicted molar refractivity (Wildman–Crippen MR) is 72.2 cm³/mol. The number of benzene rings is 2. The fourth-order valence-corrected chi connectivity index (χ4v) is 1.78. The van der Waals surface area contributed by atoms with Crippen LogP contribution in [0.25, 0.3) is 11.1 Å². The Morgan fingerprint density at radius 3 is 2.33 bits per heavy atom. The summed E-state index contributed by atoms with van der Waals surface area (Å²) in [5, 5.41) is 0. The van der Waals surface area contributed by atoms with E-state index in [-0.39, 0.29) is 11.4 Å². The summed E-state index contributed by atoms with van der Waals surface area (Å²) in [4.78, 5) is 0. The molecule has 1 nitrogen and oxygen atoms in total. The lowest BCUT2D eigenvalue weighted by molar-refractivity contribution is 0.131. The SMILES string of the molecule is CC(C)(C)Oc1cccc(-c2ccccc2F)c1. The Labute approximate surface area is 107 Å². The third kappa shape index (κ3) is 3.10. The van der Waals surface area contributed by atoms with E-state index in [4.69, 9.17) is 4.74 Å². The van der Waals surface area contributed by atoms with E-state index in [2.05, 4.69) is 0 Å². The van der Waals surface area contributed by atoms with Crippen molar-refractivity contribution in [2.24, 2.45) is 0 Å². The van der Waals surface area contributed by atoms with E-state index < -0.39 is 0 Å².